The van der Waals surface area contributed by atoms with E-state index in [0.717, 1.165) is 42.6 Å². The molecule has 1 heterocycles. The zero-order valence-corrected chi connectivity index (χ0v) is 13.0. The van der Waals surface area contributed by atoms with Crippen LogP contribution >= 0.6 is 0 Å². The number of phenols is 1. The Kier molecular flexibility index (Phi) is 3.35. The van der Waals surface area contributed by atoms with Crippen LogP contribution in [0.2, 0.25) is 0 Å². The van der Waals surface area contributed by atoms with E-state index >= 15 is 0 Å². The van der Waals surface area contributed by atoms with Crippen molar-refractivity contribution in [2.24, 2.45) is 5.92 Å². The summed E-state index contributed by atoms with van der Waals surface area (Å²) in [4.78, 5) is 0. The van der Waals surface area contributed by atoms with Crippen LogP contribution in [0.4, 0.5) is 0 Å². The molecule has 1 N–H and O–H groups in total. The molecule has 2 nitrogen and oxygen atoms in total. The molecule has 1 aliphatic carbocycles. The maximum Gasteiger partial charge on any atom is 0.127 e. The summed E-state index contributed by atoms with van der Waals surface area (Å²) in [6, 6.07) is 3.92. The van der Waals surface area contributed by atoms with Crippen molar-refractivity contribution in [1.82, 2.24) is 0 Å². The van der Waals surface area contributed by atoms with Gasteiger partial charge < -0.3 is 9.84 Å². The van der Waals surface area contributed by atoms with Crippen LogP contribution in [0.3, 0.4) is 0 Å². The van der Waals surface area contributed by atoms with E-state index in [1.54, 1.807) is 0 Å². The Bertz CT molecular complexity index is 598. The van der Waals surface area contributed by atoms with Crippen molar-refractivity contribution in [3.63, 3.8) is 0 Å². The molecule has 0 spiro atoms. The number of benzene rings is 1. The molecule has 2 atom stereocenters. The molecule has 0 radical (unpaired) electrons. The lowest BCUT2D eigenvalue weighted by atomic mass is 9.65. The third kappa shape index (κ3) is 2.37. The Labute approximate surface area is 127 Å². The molecule has 1 aromatic rings. The van der Waals surface area contributed by atoms with E-state index in [9.17, 15) is 5.11 Å². The van der Waals surface area contributed by atoms with Crippen LogP contribution in [0.5, 0.6) is 11.5 Å². The second-order valence-electron chi connectivity index (χ2n) is 6.93. The zero-order valence-electron chi connectivity index (χ0n) is 13.0. The predicted octanol–water partition coefficient (Wildman–Crippen LogP) is 4.73. The van der Waals surface area contributed by atoms with Crippen molar-refractivity contribution in [2.45, 2.75) is 51.0 Å². The molecule has 0 aromatic heterocycles. The standard InChI is InChI=1S/C19H24O2/c1-5-6-13-10-16(20)18-14-9-12(2)7-8-15(14)19(3,4)21-17(18)11-13/h5,10-11,14-15,20H,1-2,6-9H2,3-4H3. The summed E-state index contributed by atoms with van der Waals surface area (Å²) < 4.78 is 6.27. The van der Waals surface area contributed by atoms with Crippen LogP contribution in [-0.2, 0) is 6.42 Å². The average molecular weight is 284 g/mol. The largest absolute Gasteiger partial charge is 0.508 e. The highest BCUT2D eigenvalue weighted by atomic mass is 16.5. The molecule has 0 bridgehead atoms. The fourth-order valence-corrected chi connectivity index (χ4v) is 4.02. The summed E-state index contributed by atoms with van der Waals surface area (Å²) in [5, 5.41) is 10.5. The van der Waals surface area contributed by atoms with Gasteiger partial charge in [-0.15, -0.1) is 6.58 Å². The number of phenolic OH excluding ortho intramolecular Hbond substituents is 1. The Hall–Kier alpha value is -1.70. The summed E-state index contributed by atoms with van der Waals surface area (Å²) in [5.74, 6) is 1.96. The third-order valence-corrected chi connectivity index (χ3v) is 5.00. The number of aromatic hydroxyl groups is 1. The molecule has 0 amide bonds. The van der Waals surface area contributed by atoms with Crippen molar-refractivity contribution in [1.29, 1.82) is 0 Å². The lowest BCUT2D eigenvalue weighted by molar-refractivity contribution is -0.000837. The van der Waals surface area contributed by atoms with Crippen LogP contribution < -0.4 is 4.74 Å². The van der Waals surface area contributed by atoms with Crippen molar-refractivity contribution >= 4 is 0 Å². The summed E-state index contributed by atoms with van der Waals surface area (Å²) in [5.41, 5.74) is 3.12. The number of fused-ring (bicyclic) bond motifs is 3. The number of hydrogen-bond acceptors (Lipinski definition) is 2. The molecular weight excluding hydrogens is 260 g/mol. The van der Waals surface area contributed by atoms with E-state index in [0.29, 0.717) is 17.6 Å². The lowest BCUT2D eigenvalue weighted by Gasteiger charge is -2.48. The molecule has 3 rings (SSSR count). The van der Waals surface area contributed by atoms with E-state index in [2.05, 4.69) is 33.1 Å². The maximum atomic E-state index is 10.5. The van der Waals surface area contributed by atoms with Crippen LogP contribution in [0.1, 0.15) is 50.2 Å². The van der Waals surface area contributed by atoms with Crippen LogP contribution in [0.25, 0.3) is 0 Å². The number of rotatable bonds is 2. The summed E-state index contributed by atoms with van der Waals surface area (Å²) in [7, 11) is 0. The Morgan fingerprint density at radius 1 is 1.43 bits per heavy atom. The van der Waals surface area contributed by atoms with Gasteiger partial charge in [0, 0.05) is 17.4 Å². The van der Waals surface area contributed by atoms with Crippen molar-refractivity contribution in [3.8, 4) is 11.5 Å². The number of allylic oxidation sites excluding steroid dienone is 2. The minimum atomic E-state index is -0.197. The van der Waals surface area contributed by atoms with Crippen molar-refractivity contribution in [3.05, 3.63) is 48.1 Å². The van der Waals surface area contributed by atoms with Gasteiger partial charge in [0.05, 0.1) is 0 Å². The SMILES string of the molecule is C=CCc1cc(O)c2c(c1)OC(C)(C)C1CCC(=C)CC21. The fraction of sp³-hybridized carbons (Fsp3) is 0.474. The van der Waals surface area contributed by atoms with Gasteiger partial charge in [-0.2, -0.15) is 0 Å². The van der Waals surface area contributed by atoms with Gasteiger partial charge >= 0.3 is 0 Å². The molecule has 1 aromatic carbocycles. The minimum Gasteiger partial charge on any atom is -0.508 e. The topological polar surface area (TPSA) is 29.5 Å². The van der Waals surface area contributed by atoms with E-state index < -0.39 is 0 Å². The van der Waals surface area contributed by atoms with E-state index in [-0.39, 0.29) is 5.60 Å². The van der Waals surface area contributed by atoms with Gasteiger partial charge in [0.2, 0.25) is 0 Å². The first-order valence-electron chi connectivity index (χ1n) is 7.74. The molecule has 1 aliphatic heterocycles. The first-order valence-corrected chi connectivity index (χ1v) is 7.74. The van der Waals surface area contributed by atoms with Crippen LogP contribution in [0, 0.1) is 5.92 Å². The average Bonchev–Trinajstić information content (AvgIpc) is 2.37. The van der Waals surface area contributed by atoms with Crippen molar-refractivity contribution in [2.75, 3.05) is 0 Å². The first-order chi connectivity index (χ1) is 9.92. The van der Waals surface area contributed by atoms with E-state index in [1.165, 1.54) is 5.57 Å². The summed E-state index contributed by atoms with van der Waals surface area (Å²) >= 11 is 0. The smallest absolute Gasteiger partial charge is 0.127 e. The monoisotopic (exact) mass is 284 g/mol. The third-order valence-electron chi connectivity index (χ3n) is 5.00. The Morgan fingerprint density at radius 3 is 2.90 bits per heavy atom. The highest BCUT2D eigenvalue weighted by molar-refractivity contribution is 5.52. The second kappa shape index (κ2) is 4.94. The second-order valence-corrected chi connectivity index (χ2v) is 6.93. The van der Waals surface area contributed by atoms with Gasteiger partial charge in [0.15, 0.2) is 0 Å². The molecule has 21 heavy (non-hydrogen) atoms. The molecule has 2 heteroatoms. The maximum absolute atomic E-state index is 10.5. The van der Waals surface area contributed by atoms with E-state index in [1.807, 2.05) is 12.1 Å². The lowest BCUT2D eigenvalue weighted by Crippen LogP contribution is -2.46. The fourth-order valence-electron chi connectivity index (χ4n) is 4.02. The van der Waals surface area contributed by atoms with Crippen LogP contribution in [0.15, 0.2) is 36.9 Å². The summed E-state index contributed by atoms with van der Waals surface area (Å²) in [6.45, 7) is 12.3. The van der Waals surface area contributed by atoms with Gasteiger partial charge in [0.25, 0.3) is 0 Å². The minimum absolute atomic E-state index is 0.197. The van der Waals surface area contributed by atoms with E-state index in [4.69, 9.17) is 4.74 Å². The number of hydrogen-bond donors (Lipinski definition) is 1. The highest BCUT2D eigenvalue weighted by Crippen LogP contribution is 2.55. The van der Waals surface area contributed by atoms with Crippen LogP contribution in [-0.4, -0.2) is 10.7 Å². The molecular formula is C19H24O2. The molecule has 1 fully saturated rings. The predicted molar refractivity (Wildman–Crippen MR) is 85.9 cm³/mol. The molecule has 0 saturated heterocycles. The Balaban J connectivity index is 2.11. The van der Waals surface area contributed by atoms with Gasteiger partial charge in [-0.25, -0.2) is 0 Å². The first kappa shape index (κ1) is 14.2. The van der Waals surface area contributed by atoms with Gasteiger partial charge in [-0.05, 0) is 57.2 Å². The summed E-state index contributed by atoms with van der Waals surface area (Å²) in [6.07, 6.45) is 5.70. The molecule has 2 aliphatic rings. The zero-order chi connectivity index (χ0) is 15.2. The molecule has 2 unspecified atom stereocenters. The quantitative estimate of drug-likeness (QED) is 0.795. The highest BCUT2D eigenvalue weighted by Gasteiger charge is 2.46. The van der Waals surface area contributed by atoms with Crippen molar-refractivity contribution < 1.29 is 9.84 Å². The van der Waals surface area contributed by atoms with Gasteiger partial charge in [-0.1, -0.05) is 18.2 Å². The normalized spacial score (nSPS) is 26.5. The molecule has 112 valence electrons. The van der Waals surface area contributed by atoms with Gasteiger partial charge in [0.1, 0.15) is 17.1 Å². The molecule has 1 saturated carbocycles. The number of ether oxygens (including phenoxy) is 1. The Morgan fingerprint density at radius 2 is 2.19 bits per heavy atom. The van der Waals surface area contributed by atoms with Gasteiger partial charge in [-0.3, -0.25) is 0 Å².